The second kappa shape index (κ2) is 5.48. The molecule has 0 N–H and O–H groups in total. The predicted molar refractivity (Wildman–Crippen MR) is 79.6 cm³/mol. The molecular formula is C16H21N3O2. The van der Waals surface area contributed by atoms with Crippen LogP contribution in [0, 0.1) is 6.92 Å². The van der Waals surface area contributed by atoms with Gasteiger partial charge in [0.15, 0.2) is 0 Å². The molecule has 0 radical (unpaired) electrons. The van der Waals surface area contributed by atoms with Crippen LogP contribution < -0.4 is 0 Å². The number of nitrogens with zero attached hydrogens (tertiary/aromatic N) is 3. The summed E-state index contributed by atoms with van der Waals surface area (Å²) in [6, 6.07) is 8.16. The van der Waals surface area contributed by atoms with Crippen molar-refractivity contribution in [3.8, 4) is 0 Å². The third-order valence-corrected chi connectivity index (χ3v) is 4.35. The Hall–Kier alpha value is -1.88. The van der Waals surface area contributed by atoms with Gasteiger partial charge in [-0.2, -0.15) is 0 Å². The van der Waals surface area contributed by atoms with Crippen LogP contribution in [0.4, 0.5) is 0 Å². The number of carbonyl (C=O) groups excluding carboxylic acids is 2. The highest BCUT2D eigenvalue weighted by Crippen LogP contribution is 2.18. The first kappa shape index (κ1) is 14.1. The summed E-state index contributed by atoms with van der Waals surface area (Å²) in [4.78, 5) is 29.8. The summed E-state index contributed by atoms with van der Waals surface area (Å²) in [6.45, 7) is 5.22. The predicted octanol–water partition coefficient (Wildman–Crippen LogP) is 0.480. The first-order valence-corrected chi connectivity index (χ1v) is 7.37. The number of fused-ring (bicyclic) bond motifs is 1. The molecule has 5 heteroatoms. The molecule has 0 bridgehead atoms. The summed E-state index contributed by atoms with van der Waals surface area (Å²) in [6.07, 6.45) is 0. The number of hydrogen-bond donors (Lipinski definition) is 0. The van der Waals surface area contributed by atoms with Crippen molar-refractivity contribution in [2.75, 3.05) is 33.2 Å². The molecule has 3 rings (SSSR count). The lowest BCUT2D eigenvalue weighted by Crippen LogP contribution is -2.65. The quantitative estimate of drug-likeness (QED) is 0.795. The van der Waals surface area contributed by atoms with Crippen molar-refractivity contribution in [2.24, 2.45) is 0 Å². The summed E-state index contributed by atoms with van der Waals surface area (Å²) >= 11 is 0. The molecule has 1 atom stereocenters. The fourth-order valence-electron chi connectivity index (χ4n) is 3.07. The molecule has 5 nitrogen and oxygen atoms in total. The van der Waals surface area contributed by atoms with E-state index >= 15 is 0 Å². The van der Waals surface area contributed by atoms with Gasteiger partial charge in [-0.3, -0.25) is 14.5 Å². The number of likely N-dealkylation sites (N-methyl/N-ethyl adjacent to an activating group) is 1. The smallest absolute Gasteiger partial charge is 0.246 e. The Kier molecular flexibility index (Phi) is 3.68. The highest BCUT2D eigenvalue weighted by Gasteiger charge is 2.40. The van der Waals surface area contributed by atoms with Gasteiger partial charge >= 0.3 is 0 Å². The first-order chi connectivity index (χ1) is 10.0. The molecule has 2 aliphatic rings. The van der Waals surface area contributed by atoms with Gasteiger partial charge in [-0.25, -0.2) is 0 Å². The summed E-state index contributed by atoms with van der Waals surface area (Å²) in [5.41, 5.74) is 2.50. The van der Waals surface area contributed by atoms with E-state index in [-0.39, 0.29) is 24.4 Å². The van der Waals surface area contributed by atoms with Crippen LogP contribution in [0.1, 0.15) is 11.1 Å². The van der Waals surface area contributed by atoms with E-state index in [0.717, 1.165) is 13.1 Å². The third-order valence-electron chi connectivity index (χ3n) is 4.35. The number of aryl methyl sites for hydroxylation is 1. The maximum absolute atomic E-state index is 12.3. The monoisotopic (exact) mass is 287 g/mol. The van der Waals surface area contributed by atoms with Crippen LogP contribution in [0.5, 0.6) is 0 Å². The van der Waals surface area contributed by atoms with E-state index in [1.807, 2.05) is 0 Å². The molecule has 2 heterocycles. The maximum Gasteiger partial charge on any atom is 0.246 e. The topological polar surface area (TPSA) is 43.9 Å². The number of rotatable bonds is 2. The van der Waals surface area contributed by atoms with Crippen molar-refractivity contribution in [2.45, 2.75) is 19.5 Å². The molecule has 0 saturated carbocycles. The molecule has 2 amide bonds. The van der Waals surface area contributed by atoms with Crippen molar-refractivity contribution >= 4 is 11.8 Å². The lowest BCUT2D eigenvalue weighted by Gasteiger charge is -2.45. The molecule has 112 valence electrons. The Morgan fingerprint density at radius 2 is 1.86 bits per heavy atom. The highest BCUT2D eigenvalue weighted by atomic mass is 16.2. The molecule has 0 aliphatic carbocycles. The van der Waals surface area contributed by atoms with Gasteiger partial charge in [-0.05, 0) is 12.5 Å². The van der Waals surface area contributed by atoms with E-state index in [4.69, 9.17) is 0 Å². The molecule has 0 spiro atoms. The molecular weight excluding hydrogens is 266 g/mol. The number of piperazine rings is 2. The van der Waals surface area contributed by atoms with Gasteiger partial charge in [0.25, 0.3) is 0 Å². The maximum atomic E-state index is 12.3. The van der Waals surface area contributed by atoms with Crippen LogP contribution in [-0.4, -0.2) is 65.8 Å². The standard InChI is InChI=1S/C16H21N3O2/c1-12-3-5-13(6-4-12)9-18-7-8-19-14(10-18)16(21)17(2)11-15(19)20/h3-6,14H,7-11H2,1-2H3/t14-/m1/s1. The highest BCUT2D eigenvalue weighted by molar-refractivity contribution is 5.95. The summed E-state index contributed by atoms with van der Waals surface area (Å²) in [5.74, 6) is 0.125. The average Bonchev–Trinajstić information content (AvgIpc) is 2.47. The number of hydrogen-bond acceptors (Lipinski definition) is 3. The second-order valence-electron chi connectivity index (χ2n) is 6.02. The normalized spacial score (nSPS) is 23.4. The van der Waals surface area contributed by atoms with Crippen LogP contribution in [-0.2, 0) is 16.1 Å². The van der Waals surface area contributed by atoms with Crippen molar-refractivity contribution < 1.29 is 9.59 Å². The Labute approximate surface area is 125 Å². The van der Waals surface area contributed by atoms with E-state index in [9.17, 15) is 9.59 Å². The number of amides is 2. The Morgan fingerprint density at radius 3 is 2.57 bits per heavy atom. The zero-order chi connectivity index (χ0) is 15.0. The Bertz CT molecular complexity index is 555. The Balaban J connectivity index is 1.69. The molecule has 2 aliphatic heterocycles. The summed E-state index contributed by atoms with van der Waals surface area (Å²) in [5, 5.41) is 0. The zero-order valence-electron chi connectivity index (χ0n) is 12.6. The van der Waals surface area contributed by atoms with Gasteiger partial charge in [-0.15, -0.1) is 0 Å². The molecule has 1 aromatic carbocycles. The minimum Gasteiger partial charge on any atom is -0.335 e. The fraction of sp³-hybridized carbons (Fsp3) is 0.500. The van der Waals surface area contributed by atoms with E-state index < -0.39 is 0 Å². The van der Waals surface area contributed by atoms with Crippen LogP contribution in [0.15, 0.2) is 24.3 Å². The van der Waals surface area contributed by atoms with Crippen molar-refractivity contribution in [3.05, 3.63) is 35.4 Å². The second-order valence-corrected chi connectivity index (χ2v) is 6.02. The molecule has 21 heavy (non-hydrogen) atoms. The van der Waals surface area contributed by atoms with Crippen molar-refractivity contribution in [1.29, 1.82) is 0 Å². The van der Waals surface area contributed by atoms with E-state index in [0.29, 0.717) is 13.1 Å². The molecule has 2 saturated heterocycles. The Morgan fingerprint density at radius 1 is 1.14 bits per heavy atom. The third kappa shape index (κ3) is 2.78. The van der Waals surface area contributed by atoms with E-state index in [1.165, 1.54) is 11.1 Å². The fourth-order valence-corrected chi connectivity index (χ4v) is 3.07. The lowest BCUT2D eigenvalue weighted by atomic mass is 10.1. The minimum atomic E-state index is -0.310. The van der Waals surface area contributed by atoms with Gasteiger partial charge < -0.3 is 9.80 Å². The number of carbonyl (C=O) groups is 2. The van der Waals surface area contributed by atoms with E-state index in [1.54, 1.807) is 16.8 Å². The number of benzene rings is 1. The van der Waals surface area contributed by atoms with Gasteiger partial charge in [0.2, 0.25) is 11.8 Å². The van der Waals surface area contributed by atoms with Gasteiger partial charge in [-0.1, -0.05) is 29.8 Å². The largest absolute Gasteiger partial charge is 0.335 e. The minimum absolute atomic E-state index is 0.0585. The molecule has 2 fully saturated rings. The van der Waals surface area contributed by atoms with Crippen LogP contribution in [0.2, 0.25) is 0 Å². The SMILES string of the molecule is Cc1ccc(CN2CCN3C(=O)CN(C)C(=O)[C@H]3C2)cc1. The van der Waals surface area contributed by atoms with Gasteiger partial charge in [0, 0.05) is 33.2 Å². The summed E-state index contributed by atoms with van der Waals surface area (Å²) < 4.78 is 0. The van der Waals surface area contributed by atoms with Crippen LogP contribution >= 0.6 is 0 Å². The lowest BCUT2D eigenvalue weighted by molar-refractivity contribution is -0.158. The van der Waals surface area contributed by atoms with Gasteiger partial charge in [0.1, 0.15) is 6.04 Å². The van der Waals surface area contributed by atoms with Crippen LogP contribution in [0.25, 0.3) is 0 Å². The average molecular weight is 287 g/mol. The van der Waals surface area contributed by atoms with Crippen molar-refractivity contribution in [3.63, 3.8) is 0 Å². The van der Waals surface area contributed by atoms with E-state index in [2.05, 4.69) is 36.1 Å². The van der Waals surface area contributed by atoms with Crippen LogP contribution in [0.3, 0.4) is 0 Å². The first-order valence-electron chi connectivity index (χ1n) is 7.37. The van der Waals surface area contributed by atoms with Crippen molar-refractivity contribution in [1.82, 2.24) is 14.7 Å². The van der Waals surface area contributed by atoms with Gasteiger partial charge in [0.05, 0.1) is 6.54 Å². The zero-order valence-corrected chi connectivity index (χ0v) is 12.6. The summed E-state index contributed by atoms with van der Waals surface area (Å²) in [7, 11) is 1.70. The molecule has 0 unspecified atom stereocenters. The molecule has 0 aromatic heterocycles. The molecule has 1 aromatic rings.